The van der Waals surface area contributed by atoms with Crippen LogP contribution >= 0.6 is 11.6 Å². The summed E-state index contributed by atoms with van der Waals surface area (Å²) in [5.74, 6) is -0.246. The number of aromatic nitrogens is 1. The molecule has 2 aromatic rings. The van der Waals surface area contributed by atoms with Gasteiger partial charge in [0.1, 0.15) is 0 Å². The summed E-state index contributed by atoms with van der Waals surface area (Å²) >= 11 is 5.95. The van der Waals surface area contributed by atoms with E-state index in [0.717, 1.165) is 5.56 Å². The highest BCUT2D eigenvalue weighted by Crippen LogP contribution is 2.18. The maximum Gasteiger partial charge on any atom is 0.253 e. The first kappa shape index (κ1) is 12.4. The Hall–Kier alpha value is -2.07. The van der Waals surface area contributed by atoms with Crippen molar-refractivity contribution >= 4 is 23.2 Å². The molecule has 1 heterocycles. The summed E-state index contributed by atoms with van der Waals surface area (Å²) in [5, 5.41) is 3.16. The summed E-state index contributed by atoms with van der Waals surface area (Å²) in [4.78, 5) is 15.8. The van der Waals surface area contributed by atoms with E-state index in [1.54, 1.807) is 30.6 Å². The zero-order valence-corrected chi connectivity index (χ0v) is 10.3. The van der Waals surface area contributed by atoms with Gasteiger partial charge >= 0.3 is 0 Å². The van der Waals surface area contributed by atoms with Crippen LogP contribution in [0.2, 0.25) is 5.02 Å². The Morgan fingerprint density at radius 3 is 2.72 bits per heavy atom. The van der Waals surface area contributed by atoms with Crippen molar-refractivity contribution in [3.05, 3.63) is 58.9 Å². The molecule has 4 nitrogen and oxygen atoms in total. The van der Waals surface area contributed by atoms with Gasteiger partial charge in [0.25, 0.3) is 5.91 Å². The Bertz CT molecular complexity index is 557. The monoisotopic (exact) mass is 261 g/mol. The Kier molecular flexibility index (Phi) is 3.79. The van der Waals surface area contributed by atoms with E-state index in [1.807, 2.05) is 12.1 Å². The maximum absolute atomic E-state index is 11.9. The summed E-state index contributed by atoms with van der Waals surface area (Å²) < 4.78 is 0. The molecular formula is C13H12ClN3O. The number of benzene rings is 1. The van der Waals surface area contributed by atoms with E-state index in [4.69, 9.17) is 17.3 Å². The van der Waals surface area contributed by atoms with Gasteiger partial charge in [0, 0.05) is 24.6 Å². The number of anilines is 1. The fourth-order valence-electron chi connectivity index (χ4n) is 1.50. The number of halogens is 1. The second kappa shape index (κ2) is 5.51. The molecule has 0 radical (unpaired) electrons. The zero-order valence-electron chi connectivity index (χ0n) is 9.56. The first-order valence-corrected chi connectivity index (χ1v) is 5.77. The normalized spacial score (nSPS) is 10.1. The van der Waals surface area contributed by atoms with Crippen molar-refractivity contribution in [2.45, 2.75) is 6.54 Å². The van der Waals surface area contributed by atoms with Crippen LogP contribution in [0.25, 0.3) is 0 Å². The van der Waals surface area contributed by atoms with E-state index in [1.165, 1.54) is 0 Å². The molecule has 92 valence electrons. The maximum atomic E-state index is 11.9. The van der Waals surface area contributed by atoms with Gasteiger partial charge in [-0.3, -0.25) is 9.78 Å². The first-order chi connectivity index (χ1) is 8.66. The lowest BCUT2D eigenvalue weighted by atomic mass is 10.2. The third-order valence-electron chi connectivity index (χ3n) is 2.44. The highest BCUT2D eigenvalue weighted by molar-refractivity contribution is 6.34. The summed E-state index contributed by atoms with van der Waals surface area (Å²) in [6.45, 7) is 0.423. The number of carbonyl (C=O) groups excluding carboxylic acids is 1. The molecule has 1 aromatic heterocycles. The van der Waals surface area contributed by atoms with Crippen LogP contribution in [0, 0.1) is 0 Å². The molecule has 5 heteroatoms. The molecule has 2 rings (SSSR count). The van der Waals surface area contributed by atoms with E-state index in [9.17, 15) is 4.79 Å². The SMILES string of the molecule is Nc1ccc(Cl)c(C(=O)NCc2ccncc2)c1. The molecule has 0 atom stereocenters. The van der Waals surface area contributed by atoms with Crippen molar-refractivity contribution in [2.24, 2.45) is 0 Å². The number of rotatable bonds is 3. The topological polar surface area (TPSA) is 68.0 Å². The van der Waals surface area contributed by atoms with Gasteiger partial charge in [-0.25, -0.2) is 0 Å². The first-order valence-electron chi connectivity index (χ1n) is 5.39. The number of pyridine rings is 1. The Labute approximate surface area is 110 Å². The molecule has 1 amide bonds. The Morgan fingerprint density at radius 1 is 1.28 bits per heavy atom. The lowest BCUT2D eigenvalue weighted by Crippen LogP contribution is -2.23. The molecule has 0 unspecified atom stereocenters. The molecule has 0 bridgehead atoms. The molecule has 3 N–H and O–H groups in total. The molecule has 0 aliphatic rings. The van der Waals surface area contributed by atoms with Gasteiger partial charge in [-0.1, -0.05) is 11.6 Å². The quantitative estimate of drug-likeness (QED) is 0.833. The van der Waals surface area contributed by atoms with Crippen LogP contribution in [0.15, 0.2) is 42.7 Å². The number of hydrogen-bond donors (Lipinski definition) is 2. The number of nitrogens with two attached hydrogens (primary N) is 1. The van der Waals surface area contributed by atoms with Gasteiger partial charge in [0.15, 0.2) is 0 Å². The van der Waals surface area contributed by atoms with Crippen LogP contribution < -0.4 is 11.1 Å². The number of nitrogens with zero attached hydrogens (tertiary/aromatic N) is 1. The van der Waals surface area contributed by atoms with Gasteiger partial charge in [-0.2, -0.15) is 0 Å². The molecule has 1 aromatic carbocycles. The second-order valence-electron chi connectivity index (χ2n) is 3.78. The lowest BCUT2D eigenvalue weighted by Gasteiger charge is -2.07. The number of nitrogens with one attached hydrogen (secondary N) is 1. The van der Waals surface area contributed by atoms with Gasteiger partial charge in [-0.05, 0) is 35.9 Å². The van der Waals surface area contributed by atoms with Crippen LogP contribution in [0.5, 0.6) is 0 Å². The minimum absolute atomic E-state index is 0.246. The summed E-state index contributed by atoms with van der Waals surface area (Å²) in [5.41, 5.74) is 7.48. The minimum Gasteiger partial charge on any atom is -0.399 e. The fraction of sp³-hybridized carbons (Fsp3) is 0.0769. The molecule has 0 saturated heterocycles. The van der Waals surface area contributed by atoms with Crippen molar-refractivity contribution in [3.8, 4) is 0 Å². The van der Waals surface area contributed by atoms with Crippen molar-refractivity contribution in [1.29, 1.82) is 0 Å². The second-order valence-corrected chi connectivity index (χ2v) is 4.18. The third-order valence-corrected chi connectivity index (χ3v) is 2.77. The number of nitrogen functional groups attached to an aromatic ring is 1. The van der Waals surface area contributed by atoms with Crippen LogP contribution in [-0.2, 0) is 6.54 Å². The van der Waals surface area contributed by atoms with Gasteiger partial charge < -0.3 is 11.1 Å². The molecule has 0 aliphatic heterocycles. The molecule has 0 fully saturated rings. The van der Waals surface area contributed by atoms with Crippen molar-refractivity contribution in [1.82, 2.24) is 10.3 Å². The molecular weight excluding hydrogens is 250 g/mol. The van der Waals surface area contributed by atoms with E-state index in [0.29, 0.717) is 22.8 Å². The Morgan fingerprint density at radius 2 is 2.00 bits per heavy atom. The van der Waals surface area contributed by atoms with Crippen LogP contribution in [-0.4, -0.2) is 10.9 Å². The van der Waals surface area contributed by atoms with Crippen molar-refractivity contribution in [2.75, 3.05) is 5.73 Å². The lowest BCUT2D eigenvalue weighted by molar-refractivity contribution is 0.0951. The van der Waals surface area contributed by atoms with Gasteiger partial charge in [0.05, 0.1) is 10.6 Å². The zero-order chi connectivity index (χ0) is 13.0. The average molecular weight is 262 g/mol. The molecule has 0 saturated carbocycles. The van der Waals surface area contributed by atoms with Crippen molar-refractivity contribution < 1.29 is 4.79 Å². The highest BCUT2D eigenvalue weighted by Gasteiger charge is 2.10. The summed E-state index contributed by atoms with van der Waals surface area (Å²) in [7, 11) is 0. The van der Waals surface area contributed by atoms with E-state index in [2.05, 4.69) is 10.3 Å². The fourth-order valence-corrected chi connectivity index (χ4v) is 1.70. The predicted octanol–water partition coefficient (Wildman–Crippen LogP) is 2.25. The van der Waals surface area contributed by atoms with Crippen LogP contribution in [0.1, 0.15) is 15.9 Å². The smallest absolute Gasteiger partial charge is 0.253 e. The van der Waals surface area contributed by atoms with E-state index < -0.39 is 0 Å². The highest BCUT2D eigenvalue weighted by atomic mass is 35.5. The molecule has 0 spiro atoms. The summed E-state index contributed by atoms with van der Waals surface area (Å²) in [6, 6.07) is 8.49. The number of amides is 1. The van der Waals surface area contributed by atoms with Crippen molar-refractivity contribution in [3.63, 3.8) is 0 Å². The minimum atomic E-state index is -0.246. The van der Waals surface area contributed by atoms with Gasteiger partial charge in [-0.15, -0.1) is 0 Å². The largest absolute Gasteiger partial charge is 0.399 e. The van der Waals surface area contributed by atoms with E-state index in [-0.39, 0.29) is 5.91 Å². The molecule has 0 aliphatic carbocycles. The van der Waals surface area contributed by atoms with Crippen LogP contribution in [0.4, 0.5) is 5.69 Å². The number of hydrogen-bond acceptors (Lipinski definition) is 3. The average Bonchev–Trinajstić information content (AvgIpc) is 2.40. The van der Waals surface area contributed by atoms with E-state index >= 15 is 0 Å². The summed E-state index contributed by atoms with van der Waals surface area (Å²) in [6.07, 6.45) is 3.35. The predicted molar refractivity (Wildman–Crippen MR) is 71.3 cm³/mol. The molecule has 18 heavy (non-hydrogen) atoms. The third kappa shape index (κ3) is 2.99. The van der Waals surface area contributed by atoms with Gasteiger partial charge in [0.2, 0.25) is 0 Å². The number of carbonyl (C=O) groups is 1. The standard InChI is InChI=1S/C13H12ClN3O/c14-12-2-1-10(15)7-11(12)13(18)17-8-9-3-5-16-6-4-9/h1-7H,8,15H2,(H,17,18). The Balaban J connectivity index is 2.06. The van der Waals surface area contributed by atoms with Crippen LogP contribution in [0.3, 0.4) is 0 Å².